The van der Waals surface area contributed by atoms with Gasteiger partial charge in [-0.15, -0.1) is 0 Å². The summed E-state index contributed by atoms with van der Waals surface area (Å²) >= 11 is 0. The molecule has 2 aromatic rings. The molecule has 2 fully saturated rings. The zero-order valence-corrected chi connectivity index (χ0v) is 15.4. The van der Waals surface area contributed by atoms with E-state index < -0.39 is 0 Å². The van der Waals surface area contributed by atoms with Crippen LogP contribution < -0.4 is 0 Å². The Morgan fingerprint density at radius 3 is 2.59 bits per heavy atom. The molecule has 0 aromatic carbocycles. The Kier molecular flexibility index (Phi) is 5.72. The lowest BCUT2D eigenvalue weighted by molar-refractivity contribution is 0.0685. The zero-order valence-electron chi connectivity index (χ0n) is 15.4. The average Bonchev–Trinajstić information content (AvgIpc) is 3.22. The van der Waals surface area contributed by atoms with Crippen LogP contribution in [0.2, 0.25) is 0 Å². The summed E-state index contributed by atoms with van der Waals surface area (Å²) in [7, 11) is 0. The number of aromatic nitrogens is 4. The fraction of sp³-hybridized carbons (Fsp3) is 0.632. The maximum atomic E-state index is 12.4. The molecule has 0 radical (unpaired) electrons. The minimum atomic E-state index is 0.0216. The number of hydrogen-bond acceptors (Lipinski definition) is 7. The quantitative estimate of drug-likeness (QED) is 0.795. The van der Waals surface area contributed by atoms with E-state index in [0.717, 1.165) is 76.5 Å². The SMILES string of the molecule is O=C(c1cncnc1)N1CCC(CCc2noc(C3CCOCC3)n2)CC1. The molecule has 0 bridgehead atoms. The van der Waals surface area contributed by atoms with E-state index in [1.165, 1.54) is 6.33 Å². The van der Waals surface area contributed by atoms with E-state index in [-0.39, 0.29) is 5.91 Å². The summed E-state index contributed by atoms with van der Waals surface area (Å²) in [6.07, 6.45) is 10.4. The highest BCUT2D eigenvalue weighted by atomic mass is 16.5. The number of piperidine rings is 1. The predicted molar refractivity (Wildman–Crippen MR) is 96.1 cm³/mol. The molecule has 144 valence electrons. The summed E-state index contributed by atoms with van der Waals surface area (Å²) in [6, 6.07) is 0. The van der Waals surface area contributed by atoms with Gasteiger partial charge in [-0.25, -0.2) is 9.97 Å². The smallest absolute Gasteiger partial charge is 0.256 e. The second kappa shape index (κ2) is 8.56. The van der Waals surface area contributed by atoms with Crippen molar-refractivity contribution in [2.45, 2.75) is 44.4 Å². The Balaban J connectivity index is 1.23. The lowest BCUT2D eigenvalue weighted by Gasteiger charge is -2.31. The minimum Gasteiger partial charge on any atom is -0.381 e. The van der Waals surface area contributed by atoms with Gasteiger partial charge in [-0.2, -0.15) is 4.98 Å². The Hall–Kier alpha value is -2.35. The molecule has 0 spiro atoms. The first-order valence-corrected chi connectivity index (χ1v) is 9.74. The van der Waals surface area contributed by atoms with Gasteiger partial charge in [-0.05, 0) is 38.0 Å². The fourth-order valence-electron chi connectivity index (χ4n) is 3.83. The van der Waals surface area contributed by atoms with Crippen molar-refractivity contribution in [3.8, 4) is 0 Å². The lowest BCUT2D eigenvalue weighted by atomic mass is 9.92. The van der Waals surface area contributed by atoms with Crippen LogP contribution in [-0.2, 0) is 11.2 Å². The molecule has 0 N–H and O–H groups in total. The van der Waals surface area contributed by atoms with E-state index in [1.807, 2.05) is 4.90 Å². The summed E-state index contributed by atoms with van der Waals surface area (Å²) in [4.78, 5) is 26.8. The van der Waals surface area contributed by atoms with Gasteiger partial charge in [0.2, 0.25) is 5.89 Å². The highest BCUT2D eigenvalue weighted by molar-refractivity contribution is 5.93. The topological polar surface area (TPSA) is 94.2 Å². The maximum absolute atomic E-state index is 12.4. The van der Waals surface area contributed by atoms with Gasteiger partial charge in [-0.1, -0.05) is 5.16 Å². The van der Waals surface area contributed by atoms with Crippen molar-refractivity contribution in [2.24, 2.45) is 5.92 Å². The number of carbonyl (C=O) groups excluding carboxylic acids is 1. The van der Waals surface area contributed by atoms with Gasteiger partial charge in [0.15, 0.2) is 5.82 Å². The van der Waals surface area contributed by atoms with Crippen LogP contribution in [0.4, 0.5) is 0 Å². The number of carbonyl (C=O) groups is 1. The van der Waals surface area contributed by atoms with Crippen LogP contribution in [0.3, 0.4) is 0 Å². The number of likely N-dealkylation sites (tertiary alicyclic amines) is 1. The van der Waals surface area contributed by atoms with Gasteiger partial charge in [0.05, 0.1) is 5.56 Å². The van der Waals surface area contributed by atoms with Crippen molar-refractivity contribution in [1.29, 1.82) is 0 Å². The number of rotatable bonds is 5. The van der Waals surface area contributed by atoms with Crippen LogP contribution in [0.15, 0.2) is 23.2 Å². The molecule has 8 heteroatoms. The van der Waals surface area contributed by atoms with Crippen LogP contribution in [0, 0.1) is 5.92 Å². The number of amides is 1. The molecule has 2 aliphatic heterocycles. The first kappa shape index (κ1) is 18.0. The van der Waals surface area contributed by atoms with E-state index in [2.05, 4.69) is 20.1 Å². The third-order valence-electron chi connectivity index (χ3n) is 5.54. The molecule has 2 aliphatic rings. The molecule has 0 saturated carbocycles. The second-order valence-electron chi connectivity index (χ2n) is 7.34. The molecular weight excluding hydrogens is 346 g/mol. The summed E-state index contributed by atoms with van der Waals surface area (Å²) in [5.41, 5.74) is 0.559. The van der Waals surface area contributed by atoms with Crippen molar-refractivity contribution in [3.63, 3.8) is 0 Å². The number of nitrogens with zero attached hydrogens (tertiary/aromatic N) is 5. The van der Waals surface area contributed by atoms with Gasteiger partial charge in [-0.3, -0.25) is 4.79 Å². The predicted octanol–water partition coefficient (Wildman–Crippen LogP) is 2.24. The fourth-order valence-corrected chi connectivity index (χ4v) is 3.83. The third kappa shape index (κ3) is 4.50. The minimum absolute atomic E-state index is 0.0216. The summed E-state index contributed by atoms with van der Waals surface area (Å²) in [5, 5.41) is 4.15. The van der Waals surface area contributed by atoms with Crippen molar-refractivity contribution >= 4 is 5.91 Å². The van der Waals surface area contributed by atoms with E-state index in [4.69, 9.17) is 9.26 Å². The highest BCUT2D eigenvalue weighted by Crippen LogP contribution is 2.26. The van der Waals surface area contributed by atoms with Crippen molar-refractivity contribution in [3.05, 3.63) is 36.0 Å². The Morgan fingerprint density at radius 1 is 1.11 bits per heavy atom. The van der Waals surface area contributed by atoms with E-state index in [1.54, 1.807) is 12.4 Å². The van der Waals surface area contributed by atoms with Gasteiger partial charge in [0.1, 0.15) is 6.33 Å². The van der Waals surface area contributed by atoms with Gasteiger partial charge >= 0.3 is 0 Å². The Bertz CT molecular complexity index is 737. The van der Waals surface area contributed by atoms with E-state index >= 15 is 0 Å². The Labute approximate surface area is 158 Å². The number of ether oxygens (including phenoxy) is 1. The number of hydrogen-bond donors (Lipinski definition) is 0. The highest BCUT2D eigenvalue weighted by Gasteiger charge is 2.25. The van der Waals surface area contributed by atoms with Crippen LogP contribution in [0.1, 0.15) is 60.1 Å². The van der Waals surface area contributed by atoms with Crippen molar-refractivity contribution in [1.82, 2.24) is 25.0 Å². The summed E-state index contributed by atoms with van der Waals surface area (Å²) in [5.74, 6) is 2.52. The monoisotopic (exact) mass is 371 g/mol. The van der Waals surface area contributed by atoms with Crippen molar-refractivity contribution in [2.75, 3.05) is 26.3 Å². The molecule has 0 atom stereocenters. The maximum Gasteiger partial charge on any atom is 0.256 e. The van der Waals surface area contributed by atoms with Crippen LogP contribution in [0.25, 0.3) is 0 Å². The molecule has 0 unspecified atom stereocenters. The zero-order chi connectivity index (χ0) is 18.5. The molecule has 27 heavy (non-hydrogen) atoms. The summed E-state index contributed by atoms with van der Waals surface area (Å²) < 4.78 is 10.8. The lowest BCUT2D eigenvalue weighted by Crippen LogP contribution is -2.38. The normalized spacial score (nSPS) is 19.3. The molecule has 4 heterocycles. The summed E-state index contributed by atoms with van der Waals surface area (Å²) in [6.45, 7) is 3.10. The number of aryl methyl sites for hydroxylation is 1. The molecular formula is C19H25N5O3. The largest absolute Gasteiger partial charge is 0.381 e. The van der Waals surface area contributed by atoms with Crippen LogP contribution in [0.5, 0.6) is 0 Å². The Morgan fingerprint density at radius 2 is 1.85 bits per heavy atom. The molecule has 1 amide bonds. The van der Waals surface area contributed by atoms with Crippen LogP contribution >= 0.6 is 0 Å². The van der Waals surface area contributed by atoms with Gasteiger partial charge < -0.3 is 14.2 Å². The van der Waals surface area contributed by atoms with E-state index in [0.29, 0.717) is 17.4 Å². The first-order valence-electron chi connectivity index (χ1n) is 9.74. The molecule has 0 aliphatic carbocycles. The second-order valence-corrected chi connectivity index (χ2v) is 7.34. The molecule has 2 saturated heterocycles. The molecule has 4 rings (SSSR count). The van der Waals surface area contributed by atoms with E-state index in [9.17, 15) is 4.79 Å². The molecule has 2 aromatic heterocycles. The van der Waals surface area contributed by atoms with Crippen molar-refractivity contribution < 1.29 is 14.1 Å². The third-order valence-corrected chi connectivity index (χ3v) is 5.54. The van der Waals surface area contributed by atoms with Crippen LogP contribution in [-0.4, -0.2) is 57.2 Å². The molecule has 8 nitrogen and oxygen atoms in total. The first-order chi connectivity index (χ1) is 13.3. The van der Waals surface area contributed by atoms with Gasteiger partial charge in [0.25, 0.3) is 5.91 Å². The standard InChI is InChI=1S/C19H25N5O3/c25-19(16-11-20-13-21-12-16)24-7-3-14(4-8-24)1-2-17-22-18(27-23-17)15-5-9-26-10-6-15/h11-15H,1-10H2. The average molecular weight is 371 g/mol. The van der Waals surface area contributed by atoms with Gasteiger partial charge in [0, 0.05) is 51.0 Å².